The van der Waals surface area contributed by atoms with Crippen molar-refractivity contribution >= 4 is 45.0 Å². The minimum atomic E-state index is -0.0385. The van der Waals surface area contributed by atoms with Gasteiger partial charge in [0.05, 0.1) is 16.8 Å². The number of halogens is 1. The summed E-state index contributed by atoms with van der Waals surface area (Å²) in [5, 5.41) is 0.734. The van der Waals surface area contributed by atoms with E-state index < -0.39 is 0 Å². The van der Waals surface area contributed by atoms with Crippen LogP contribution in [0.1, 0.15) is 36.5 Å². The van der Waals surface area contributed by atoms with Crippen molar-refractivity contribution in [2.75, 3.05) is 38.7 Å². The van der Waals surface area contributed by atoms with Gasteiger partial charge in [-0.2, -0.15) is 0 Å². The van der Waals surface area contributed by atoms with Gasteiger partial charge in [0.15, 0.2) is 5.13 Å². The van der Waals surface area contributed by atoms with Gasteiger partial charge < -0.3 is 9.64 Å². The van der Waals surface area contributed by atoms with Crippen LogP contribution in [0.25, 0.3) is 10.2 Å². The second kappa shape index (κ2) is 11.9. The first kappa shape index (κ1) is 24.1. The predicted octanol–water partition coefficient (Wildman–Crippen LogP) is 5.50. The number of carbonyl (C=O) groups is 1. The molecular formula is C23H30ClN3O2S. The molecule has 0 bridgehead atoms. The minimum Gasteiger partial charge on any atom is -0.494 e. The highest BCUT2D eigenvalue weighted by atomic mass is 35.5. The van der Waals surface area contributed by atoms with Crippen molar-refractivity contribution < 1.29 is 9.53 Å². The van der Waals surface area contributed by atoms with Gasteiger partial charge in [0.1, 0.15) is 5.75 Å². The number of hydrogen-bond donors (Lipinski definition) is 0. The molecule has 0 aliphatic heterocycles. The number of aromatic nitrogens is 1. The van der Waals surface area contributed by atoms with Gasteiger partial charge in [-0.15, -0.1) is 12.4 Å². The van der Waals surface area contributed by atoms with E-state index in [1.54, 1.807) is 16.2 Å². The Kier molecular flexibility index (Phi) is 9.56. The number of hydrogen-bond acceptors (Lipinski definition) is 5. The average Bonchev–Trinajstić information content (AvgIpc) is 3.15. The second-order valence-electron chi connectivity index (χ2n) is 7.30. The molecule has 1 aromatic heterocycles. The summed E-state index contributed by atoms with van der Waals surface area (Å²) in [6.45, 7) is 4.23. The maximum Gasteiger partial charge on any atom is 0.260 e. The lowest BCUT2D eigenvalue weighted by atomic mass is 10.2. The molecule has 0 saturated heterocycles. The number of likely N-dealkylation sites (N-methyl/N-ethyl adjacent to an activating group) is 1. The number of carbonyl (C=O) groups excluding carboxylic acids is 1. The maximum atomic E-state index is 13.3. The zero-order chi connectivity index (χ0) is 20.6. The third-order valence-electron chi connectivity index (χ3n) is 4.65. The Morgan fingerprint density at radius 2 is 1.77 bits per heavy atom. The van der Waals surface area contributed by atoms with Crippen molar-refractivity contribution in [2.45, 2.75) is 26.2 Å². The van der Waals surface area contributed by atoms with Gasteiger partial charge in [-0.05, 0) is 56.9 Å². The molecule has 0 aliphatic rings. The molecule has 0 N–H and O–H groups in total. The van der Waals surface area contributed by atoms with Gasteiger partial charge >= 0.3 is 0 Å². The number of fused-ring (bicyclic) bond motifs is 1. The fourth-order valence-electron chi connectivity index (χ4n) is 2.95. The molecule has 0 aliphatic carbocycles. The van der Waals surface area contributed by atoms with Gasteiger partial charge in [-0.25, -0.2) is 4.98 Å². The van der Waals surface area contributed by atoms with Crippen molar-refractivity contribution in [1.82, 2.24) is 9.88 Å². The number of thiazole rings is 1. The smallest absolute Gasteiger partial charge is 0.260 e. The van der Waals surface area contributed by atoms with Crippen LogP contribution in [0.15, 0.2) is 48.5 Å². The Morgan fingerprint density at radius 1 is 1.03 bits per heavy atom. The zero-order valence-electron chi connectivity index (χ0n) is 17.8. The van der Waals surface area contributed by atoms with Crippen molar-refractivity contribution in [3.8, 4) is 5.75 Å². The third kappa shape index (κ3) is 6.42. The summed E-state index contributed by atoms with van der Waals surface area (Å²) in [6, 6.07) is 15.4. The molecule has 1 heterocycles. The maximum absolute atomic E-state index is 13.3. The first-order valence-corrected chi connectivity index (χ1v) is 10.9. The summed E-state index contributed by atoms with van der Waals surface area (Å²) in [5.41, 5.74) is 1.56. The number of benzene rings is 2. The molecule has 0 atom stereocenters. The van der Waals surface area contributed by atoms with Crippen LogP contribution in [0.3, 0.4) is 0 Å². The third-order valence-corrected chi connectivity index (χ3v) is 5.71. The van der Waals surface area contributed by atoms with Crippen LogP contribution in [0.5, 0.6) is 5.75 Å². The lowest BCUT2D eigenvalue weighted by Gasteiger charge is -2.22. The van der Waals surface area contributed by atoms with E-state index in [0.29, 0.717) is 18.7 Å². The number of rotatable bonds is 10. The number of anilines is 1. The van der Waals surface area contributed by atoms with Crippen molar-refractivity contribution in [1.29, 1.82) is 0 Å². The summed E-state index contributed by atoms with van der Waals surface area (Å²) in [5.74, 6) is 0.765. The average molecular weight is 448 g/mol. The second-order valence-corrected chi connectivity index (χ2v) is 8.31. The van der Waals surface area contributed by atoms with Gasteiger partial charge in [0.25, 0.3) is 5.91 Å². The van der Waals surface area contributed by atoms with Gasteiger partial charge in [0, 0.05) is 18.7 Å². The van der Waals surface area contributed by atoms with E-state index in [9.17, 15) is 4.79 Å². The molecule has 5 nitrogen and oxygen atoms in total. The van der Waals surface area contributed by atoms with Gasteiger partial charge in [-0.3, -0.25) is 9.69 Å². The standard InChI is InChI=1S/C23H29N3O2S.ClH/c1-4-5-8-17-28-19-13-11-18(12-14-19)22(27)26(16-15-25(2)3)23-24-20-9-6-7-10-21(20)29-23;/h6-7,9-14H,4-5,8,15-17H2,1-3H3;1H. The zero-order valence-corrected chi connectivity index (χ0v) is 19.5. The molecule has 0 unspecified atom stereocenters. The largest absolute Gasteiger partial charge is 0.494 e. The normalized spacial score (nSPS) is 10.8. The van der Waals surface area contributed by atoms with Crippen LogP contribution in [0.4, 0.5) is 5.13 Å². The monoisotopic (exact) mass is 447 g/mol. The summed E-state index contributed by atoms with van der Waals surface area (Å²) in [6.07, 6.45) is 3.39. The molecule has 0 radical (unpaired) electrons. The molecular weight excluding hydrogens is 418 g/mol. The number of amides is 1. The minimum absolute atomic E-state index is 0. The number of ether oxygens (including phenoxy) is 1. The van der Waals surface area contributed by atoms with Gasteiger partial charge in [0.2, 0.25) is 0 Å². The van der Waals surface area contributed by atoms with E-state index in [-0.39, 0.29) is 18.3 Å². The van der Waals surface area contributed by atoms with Crippen molar-refractivity contribution in [3.63, 3.8) is 0 Å². The van der Waals surface area contributed by atoms with Crippen LogP contribution in [-0.2, 0) is 0 Å². The van der Waals surface area contributed by atoms with E-state index >= 15 is 0 Å². The Labute approximate surface area is 189 Å². The molecule has 0 fully saturated rings. The highest BCUT2D eigenvalue weighted by Crippen LogP contribution is 2.29. The Hall–Kier alpha value is -2.15. The Bertz CT molecular complexity index is 895. The highest BCUT2D eigenvalue weighted by Gasteiger charge is 2.21. The summed E-state index contributed by atoms with van der Waals surface area (Å²) in [7, 11) is 4.01. The molecule has 7 heteroatoms. The SMILES string of the molecule is CCCCCOc1ccc(C(=O)N(CCN(C)C)c2nc3ccccc3s2)cc1.Cl. The lowest BCUT2D eigenvalue weighted by molar-refractivity contribution is 0.0985. The molecule has 3 aromatic rings. The Balaban J connectivity index is 0.00000320. The quantitative estimate of drug-likeness (QED) is 0.385. The molecule has 1 amide bonds. The number of unbranched alkanes of at least 4 members (excludes halogenated alkanes) is 2. The first-order chi connectivity index (χ1) is 14.1. The highest BCUT2D eigenvalue weighted by molar-refractivity contribution is 7.22. The van der Waals surface area contributed by atoms with Crippen LogP contribution in [0, 0.1) is 0 Å². The fourth-order valence-corrected chi connectivity index (χ4v) is 3.94. The van der Waals surface area contributed by atoms with E-state index in [2.05, 4.69) is 11.8 Å². The molecule has 0 saturated carbocycles. The van der Waals surface area contributed by atoms with Crippen LogP contribution >= 0.6 is 23.7 Å². The first-order valence-electron chi connectivity index (χ1n) is 10.1. The molecule has 0 spiro atoms. The molecule has 30 heavy (non-hydrogen) atoms. The van der Waals surface area contributed by atoms with Crippen LogP contribution < -0.4 is 9.64 Å². The lowest BCUT2D eigenvalue weighted by Crippen LogP contribution is -2.36. The molecule has 2 aromatic carbocycles. The van der Waals surface area contributed by atoms with E-state index in [1.165, 1.54) is 12.8 Å². The Morgan fingerprint density at radius 3 is 2.43 bits per heavy atom. The topological polar surface area (TPSA) is 45.7 Å². The number of para-hydroxylation sites is 1. The fraction of sp³-hybridized carbons (Fsp3) is 0.391. The molecule has 3 rings (SSSR count). The van der Waals surface area contributed by atoms with E-state index in [1.807, 2.05) is 62.6 Å². The summed E-state index contributed by atoms with van der Waals surface area (Å²) < 4.78 is 6.85. The summed E-state index contributed by atoms with van der Waals surface area (Å²) >= 11 is 1.55. The van der Waals surface area contributed by atoms with Gasteiger partial charge in [-0.1, -0.05) is 43.2 Å². The molecule has 162 valence electrons. The predicted molar refractivity (Wildman–Crippen MR) is 129 cm³/mol. The van der Waals surface area contributed by atoms with Crippen molar-refractivity contribution in [2.24, 2.45) is 0 Å². The van der Waals surface area contributed by atoms with Crippen LogP contribution in [-0.4, -0.2) is 49.6 Å². The van der Waals surface area contributed by atoms with Crippen LogP contribution in [0.2, 0.25) is 0 Å². The van der Waals surface area contributed by atoms with Crippen molar-refractivity contribution in [3.05, 3.63) is 54.1 Å². The van der Waals surface area contributed by atoms with E-state index in [0.717, 1.165) is 34.1 Å². The number of nitrogens with zero attached hydrogens (tertiary/aromatic N) is 3. The summed E-state index contributed by atoms with van der Waals surface area (Å²) in [4.78, 5) is 21.8. The van der Waals surface area contributed by atoms with E-state index in [4.69, 9.17) is 9.72 Å².